The molecule has 1 aliphatic heterocycles. The average molecular weight is 313 g/mol. The van der Waals surface area contributed by atoms with Crippen LogP contribution >= 0.6 is 23.2 Å². The van der Waals surface area contributed by atoms with E-state index in [4.69, 9.17) is 23.2 Å². The van der Waals surface area contributed by atoms with Crippen molar-refractivity contribution in [2.75, 3.05) is 6.54 Å². The number of halogens is 2. The molecule has 0 unspecified atom stereocenters. The van der Waals surface area contributed by atoms with Crippen molar-refractivity contribution < 1.29 is 4.79 Å². The predicted octanol–water partition coefficient (Wildman–Crippen LogP) is 4.18. The van der Waals surface area contributed by atoms with Crippen molar-refractivity contribution in [2.45, 2.75) is 44.6 Å². The van der Waals surface area contributed by atoms with Gasteiger partial charge in [0.15, 0.2) is 0 Å². The average Bonchev–Trinajstić information content (AvgIpc) is 2.48. The smallest absolute Gasteiger partial charge is 0.255 e. The van der Waals surface area contributed by atoms with E-state index < -0.39 is 0 Å². The number of pyridine rings is 1. The van der Waals surface area contributed by atoms with Crippen molar-refractivity contribution >= 4 is 29.1 Å². The number of carbonyl (C=O) groups is 1. The Morgan fingerprint density at radius 2 is 1.95 bits per heavy atom. The first kappa shape index (κ1) is 14.2. The van der Waals surface area contributed by atoms with Gasteiger partial charge in [0.25, 0.3) is 5.91 Å². The van der Waals surface area contributed by atoms with Gasteiger partial charge in [-0.3, -0.25) is 4.79 Å². The van der Waals surface area contributed by atoms with Gasteiger partial charge in [0.1, 0.15) is 5.15 Å². The summed E-state index contributed by atoms with van der Waals surface area (Å²) in [5, 5.41) is 0.701. The molecular formula is C15H18Cl2N2O. The van der Waals surface area contributed by atoms with Gasteiger partial charge < -0.3 is 4.90 Å². The molecule has 1 saturated carbocycles. The third-order valence-corrected chi connectivity index (χ3v) is 5.06. The molecule has 3 rings (SSSR count). The van der Waals surface area contributed by atoms with Crippen molar-refractivity contribution in [1.29, 1.82) is 0 Å². The van der Waals surface area contributed by atoms with Crippen molar-refractivity contribution in [1.82, 2.24) is 9.88 Å². The number of rotatable bonds is 1. The maximum absolute atomic E-state index is 12.8. The molecule has 0 radical (unpaired) electrons. The van der Waals surface area contributed by atoms with Gasteiger partial charge in [-0.15, -0.1) is 0 Å². The fourth-order valence-corrected chi connectivity index (χ4v) is 3.95. The summed E-state index contributed by atoms with van der Waals surface area (Å²) in [5.74, 6) is 0.674. The Morgan fingerprint density at radius 3 is 2.80 bits per heavy atom. The second kappa shape index (κ2) is 5.90. The summed E-state index contributed by atoms with van der Waals surface area (Å²) in [5.41, 5.74) is 0.484. The number of piperidine rings is 1. The van der Waals surface area contributed by atoms with Gasteiger partial charge in [0.2, 0.25) is 0 Å². The Kier molecular flexibility index (Phi) is 4.18. The highest BCUT2D eigenvalue weighted by molar-refractivity contribution is 6.35. The van der Waals surface area contributed by atoms with Crippen LogP contribution in [0.15, 0.2) is 12.3 Å². The lowest BCUT2D eigenvalue weighted by molar-refractivity contribution is 0.0391. The molecule has 108 valence electrons. The van der Waals surface area contributed by atoms with Gasteiger partial charge in [-0.25, -0.2) is 4.98 Å². The number of amides is 1. The van der Waals surface area contributed by atoms with Crippen LogP contribution in [0.3, 0.4) is 0 Å². The number of hydrogen-bond acceptors (Lipinski definition) is 2. The molecule has 5 heteroatoms. The zero-order valence-electron chi connectivity index (χ0n) is 11.3. The molecule has 1 saturated heterocycles. The van der Waals surface area contributed by atoms with Crippen LogP contribution in [0.4, 0.5) is 0 Å². The van der Waals surface area contributed by atoms with Gasteiger partial charge in [-0.1, -0.05) is 36.0 Å². The SMILES string of the molecule is O=C(c1cc(Cl)ncc1Cl)N1CCC[C@H]2CCCC[C@H]21. The summed E-state index contributed by atoms with van der Waals surface area (Å²) in [6.07, 6.45) is 8.68. The Bertz CT molecular complexity index is 519. The Morgan fingerprint density at radius 1 is 1.20 bits per heavy atom. The van der Waals surface area contributed by atoms with Crippen LogP contribution in [-0.2, 0) is 0 Å². The molecule has 0 spiro atoms. The first-order valence-corrected chi connectivity index (χ1v) is 8.04. The molecule has 2 heterocycles. The van der Waals surface area contributed by atoms with E-state index in [0.717, 1.165) is 19.4 Å². The van der Waals surface area contributed by atoms with E-state index in [1.807, 2.05) is 4.90 Å². The topological polar surface area (TPSA) is 33.2 Å². The highest BCUT2D eigenvalue weighted by Crippen LogP contribution is 2.36. The second-order valence-electron chi connectivity index (χ2n) is 5.74. The standard InChI is InChI=1S/C15H18Cl2N2O/c16-12-9-18-14(17)8-11(12)15(20)19-7-3-5-10-4-1-2-6-13(10)19/h8-10,13H,1-7H2/t10-,13-/m1/s1. The van der Waals surface area contributed by atoms with Crippen LogP contribution in [0.25, 0.3) is 0 Å². The number of aromatic nitrogens is 1. The predicted molar refractivity (Wildman–Crippen MR) is 80.3 cm³/mol. The molecule has 0 aromatic carbocycles. The minimum atomic E-state index is 0.0101. The number of likely N-dealkylation sites (tertiary alicyclic amines) is 1. The first-order chi connectivity index (χ1) is 9.66. The van der Waals surface area contributed by atoms with E-state index >= 15 is 0 Å². The van der Waals surface area contributed by atoms with Gasteiger partial charge in [0.05, 0.1) is 10.6 Å². The second-order valence-corrected chi connectivity index (χ2v) is 6.53. The van der Waals surface area contributed by atoms with E-state index in [9.17, 15) is 4.79 Å². The van der Waals surface area contributed by atoms with E-state index in [0.29, 0.717) is 27.7 Å². The fourth-order valence-electron chi connectivity index (χ4n) is 3.61. The zero-order chi connectivity index (χ0) is 14.1. The number of hydrogen-bond donors (Lipinski definition) is 0. The van der Waals surface area contributed by atoms with Crippen molar-refractivity contribution in [3.05, 3.63) is 28.0 Å². The van der Waals surface area contributed by atoms with E-state index in [1.165, 1.54) is 31.9 Å². The largest absolute Gasteiger partial charge is 0.335 e. The third-order valence-electron chi connectivity index (χ3n) is 4.56. The van der Waals surface area contributed by atoms with Crippen LogP contribution in [0.2, 0.25) is 10.2 Å². The lowest BCUT2D eigenvalue weighted by Gasteiger charge is -2.44. The first-order valence-electron chi connectivity index (χ1n) is 7.29. The molecule has 3 nitrogen and oxygen atoms in total. The van der Waals surface area contributed by atoms with E-state index in [-0.39, 0.29) is 5.91 Å². The highest BCUT2D eigenvalue weighted by atomic mass is 35.5. The van der Waals surface area contributed by atoms with Crippen molar-refractivity contribution in [3.8, 4) is 0 Å². The quantitative estimate of drug-likeness (QED) is 0.729. The minimum absolute atomic E-state index is 0.0101. The molecule has 1 amide bonds. The molecule has 2 atom stereocenters. The summed E-state index contributed by atoms with van der Waals surface area (Å²) in [4.78, 5) is 18.7. The maximum atomic E-state index is 12.8. The van der Waals surface area contributed by atoms with Crippen LogP contribution in [0, 0.1) is 5.92 Å². The van der Waals surface area contributed by atoms with Gasteiger partial charge in [-0.05, 0) is 37.7 Å². The minimum Gasteiger partial charge on any atom is -0.335 e. The van der Waals surface area contributed by atoms with E-state index in [2.05, 4.69) is 4.98 Å². The third kappa shape index (κ3) is 2.66. The van der Waals surface area contributed by atoms with Crippen molar-refractivity contribution in [3.63, 3.8) is 0 Å². The molecule has 2 fully saturated rings. The summed E-state index contributed by atoms with van der Waals surface area (Å²) in [6, 6.07) is 1.96. The maximum Gasteiger partial charge on any atom is 0.255 e. The zero-order valence-corrected chi connectivity index (χ0v) is 12.8. The Labute approximate surface area is 129 Å². The van der Waals surface area contributed by atoms with Gasteiger partial charge >= 0.3 is 0 Å². The lowest BCUT2D eigenvalue weighted by atomic mass is 9.78. The Balaban J connectivity index is 1.87. The summed E-state index contributed by atoms with van der Waals surface area (Å²) in [6.45, 7) is 0.830. The van der Waals surface area contributed by atoms with Gasteiger partial charge in [-0.2, -0.15) is 0 Å². The molecule has 1 aliphatic carbocycles. The molecular weight excluding hydrogens is 295 g/mol. The van der Waals surface area contributed by atoms with Crippen LogP contribution in [0.1, 0.15) is 48.9 Å². The number of carbonyl (C=O) groups excluding carboxylic acids is 1. The number of nitrogens with zero attached hydrogens (tertiary/aromatic N) is 2. The van der Waals surface area contributed by atoms with Crippen LogP contribution < -0.4 is 0 Å². The lowest BCUT2D eigenvalue weighted by Crippen LogP contribution is -2.49. The summed E-state index contributed by atoms with van der Waals surface area (Å²) in [7, 11) is 0. The molecule has 2 aliphatic rings. The monoisotopic (exact) mass is 312 g/mol. The van der Waals surface area contributed by atoms with Gasteiger partial charge in [0, 0.05) is 18.8 Å². The fraction of sp³-hybridized carbons (Fsp3) is 0.600. The summed E-state index contributed by atoms with van der Waals surface area (Å²) >= 11 is 12.0. The Hall–Kier alpha value is -0.800. The molecule has 1 aromatic rings. The molecule has 0 N–H and O–H groups in total. The highest BCUT2D eigenvalue weighted by Gasteiger charge is 2.36. The van der Waals surface area contributed by atoms with Crippen LogP contribution in [-0.4, -0.2) is 28.4 Å². The van der Waals surface area contributed by atoms with Crippen LogP contribution in [0.5, 0.6) is 0 Å². The molecule has 20 heavy (non-hydrogen) atoms. The number of fused-ring (bicyclic) bond motifs is 1. The van der Waals surface area contributed by atoms with Crippen molar-refractivity contribution in [2.24, 2.45) is 5.92 Å². The van der Waals surface area contributed by atoms with E-state index in [1.54, 1.807) is 6.07 Å². The molecule has 1 aromatic heterocycles. The normalized spacial score (nSPS) is 26.2. The summed E-state index contributed by atoms with van der Waals surface area (Å²) < 4.78 is 0. The molecule has 0 bridgehead atoms.